The zero-order chi connectivity index (χ0) is 21.5. The van der Waals surface area contributed by atoms with Crippen molar-refractivity contribution in [3.63, 3.8) is 0 Å². The standard InChI is InChI=1S/C18H20N6O3S2/c1-23-13(19)11(15(25)21-17(23)28)10(8-5-4-6-9(7-8)27-3)12-14(20)24(2)18(29)22-16(12)26/h4-7,10H,19-20H2,1-3H3,(H,21,25,28)(H,22,26,29). The molecule has 0 radical (unpaired) electrons. The molecule has 2 heterocycles. The molecule has 0 saturated heterocycles. The van der Waals surface area contributed by atoms with Crippen LogP contribution in [0.3, 0.4) is 0 Å². The van der Waals surface area contributed by atoms with Gasteiger partial charge in [-0.05, 0) is 42.1 Å². The summed E-state index contributed by atoms with van der Waals surface area (Å²) in [5.41, 5.74) is 12.4. The number of H-pyrrole nitrogens is 2. The van der Waals surface area contributed by atoms with Crippen molar-refractivity contribution in [1.82, 2.24) is 19.1 Å². The topological polar surface area (TPSA) is 137 Å². The first kappa shape index (κ1) is 20.6. The second-order valence-electron chi connectivity index (χ2n) is 6.44. The van der Waals surface area contributed by atoms with E-state index in [1.807, 2.05) is 0 Å². The normalized spacial score (nSPS) is 11.0. The minimum atomic E-state index is -0.888. The van der Waals surface area contributed by atoms with Crippen LogP contribution in [0, 0.1) is 9.54 Å². The Balaban J connectivity index is 2.50. The molecular weight excluding hydrogens is 412 g/mol. The molecule has 3 rings (SSSR count). The van der Waals surface area contributed by atoms with Gasteiger partial charge in [-0.2, -0.15) is 0 Å². The van der Waals surface area contributed by atoms with Crippen molar-refractivity contribution in [1.29, 1.82) is 0 Å². The molecule has 29 heavy (non-hydrogen) atoms. The number of nitrogens with one attached hydrogen (secondary N) is 2. The van der Waals surface area contributed by atoms with Gasteiger partial charge in [0.15, 0.2) is 9.54 Å². The molecule has 0 aliphatic heterocycles. The van der Waals surface area contributed by atoms with Crippen molar-refractivity contribution in [3.8, 4) is 5.75 Å². The highest BCUT2D eigenvalue weighted by Gasteiger charge is 2.29. The number of rotatable bonds is 4. The Kier molecular flexibility index (Phi) is 5.44. The van der Waals surface area contributed by atoms with Crippen LogP contribution >= 0.6 is 24.4 Å². The van der Waals surface area contributed by atoms with E-state index in [2.05, 4.69) is 9.97 Å². The van der Waals surface area contributed by atoms with Crippen LogP contribution < -0.4 is 27.3 Å². The summed E-state index contributed by atoms with van der Waals surface area (Å²) in [6.07, 6.45) is 0. The van der Waals surface area contributed by atoms with Crippen LogP contribution in [0.2, 0.25) is 0 Å². The predicted molar refractivity (Wildman–Crippen MR) is 116 cm³/mol. The molecule has 11 heteroatoms. The van der Waals surface area contributed by atoms with Crippen molar-refractivity contribution in [2.24, 2.45) is 14.1 Å². The van der Waals surface area contributed by atoms with Gasteiger partial charge in [0.1, 0.15) is 17.4 Å². The van der Waals surface area contributed by atoms with Gasteiger partial charge in [-0.15, -0.1) is 0 Å². The molecule has 0 saturated carbocycles. The Bertz CT molecular complexity index is 1260. The number of anilines is 2. The van der Waals surface area contributed by atoms with Crippen molar-refractivity contribution in [2.75, 3.05) is 18.6 Å². The minimum Gasteiger partial charge on any atom is -0.497 e. The molecular formula is C18H20N6O3S2. The molecule has 9 nitrogen and oxygen atoms in total. The maximum atomic E-state index is 12.9. The third-order valence-corrected chi connectivity index (χ3v) is 5.57. The van der Waals surface area contributed by atoms with Gasteiger partial charge in [0.2, 0.25) is 0 Å². The number of nitrogens with two attached hydrogens (primary N) is 2. The first-order valence-corrected chi connectivity index (χ1v) is 9.30. The predicted octanol–water partition coefficient (Wildman–Crippen LogP) is 1.55. The fourth-order valence-electron chi connectivity index (χ4n) is 3.17. The van der Waals surface area contributed by atoms with Gasteiger partial charge in [-0.3, -0.25) is 19.6 Å². The van der Waals surface area contributed by atoms with Crippen molar-refractivity contribution >= 4 is 36.1 Å². The van der Waals surface area contributed by atoms with E-state index in [0.29, 0.717) is 11.3 Å². The van der Waals surface area contributed by atoms with Gasteiger partial charge >= 0.3 is 0 Å². The van der Waals surface area contributed by atoms with Gasteiger partial charge in [-0.1, -0.05) is 12.1 Å². The highest BCUT2D eigenvalue weighted by atomic mass is 32.1. The number of hydrogen-bond acceptors (Lipinski definition) is 7. The molecule has 0 aliphatic carbocycles. The van der Waals surface area contributed by atoms with Crippen molar-refractivity contribution < 1.29 is 4.74 Å². The number of hydrogen-bond donors (Lipinski definition) is 4. The van der Waals surface area contributed by atoms with Crippen molar-refractivity contribution in [2.45, 2.75) is 5.92 Å². The summed E-state index contributed by atoms with van der Waals surface area (Å²) in [4.78, 5) is 31.0. The summed E-state index contributed by atoms with van der Waals surface area (Å²) < 4.78 is 8.55. The molecule has 0 aliphatic rings. The van der Waals surface area contributed by atoms with E-state index in [-0.39, 0.29) is 32.3 Å². The minimum absolute atomic E-state index is 0.121. The highest BCUT2D eigenvalue weighted by molar-refractivity contribution is 7.71. The lowest BCUT2D eigenvalue weighted by Crippen LogP contribution is -2.30. The van der Waals surface area contributed by atoms with E-state index < -0.39 is 17.0 Å². The average Bonchev–Trinajstić information content (AvgIpc) is 2.69. The zero-order valence-electron chi connectivity index (χ0n) is 16.0. The Morgan fingerprint density at radius 3 is 1.90 bits per heavy atom. The summed E-state index contributed by atoms with van der Waals surface area (Å²) >= 11 is 10.3. The van der Waals surface area contributed by atoms with Crippen LogP contribution in [0.4, 0.5) is 11.6 Å². The molecule has 2 aromatic heterocycles. The Hall–Kier alpha value is -3.18. The van der Waals surface area contributed by atoms with E-state index in [4.69, 9.17) is 40.6 Å². The number of nitrogens with zero attached hydrogens (tertiary/aromatic N) is 2. The summed E-state index contributed by atoms with van der Waals surface area (Å²) in [7, 11) is 4.77. The highest BCUT2D eigenvalue weighted by Crippen LogP contribution is 2.35. The molecule has 0 fully saturated rings. The second-order valence-corrected chi connectivity index (χ2v) is 7.22. The molecule has 152 valence electrons. The molecule has 3 aromatic rings. The zero-order valence-corrected chi connectivity index (χ0v) is 17.6. The summed E-state index contributed by atoms with van der Waals surface area (Å²) in [6.45, 7) is 0. The first-order chi connectivity index (χ1) is 13.7. The number of methoxy groups -OCH3 is 1. The molecule has 0 amide bonds. The van der Waals surface area contributed by atoms with Crippen LogP contribution in [0.25, 0.3) is 0 Å². The number of nitrogen functional groups attached to an aromatic ring is 2. The molecule has 0 unspecified atom stereocenters. The second kappa shape index (κ2) is 7.68. The third-order valence-electron chi connectivity index (χ3n) is 4.82. The van der Waals surface area contributed by atoms with Gasteiger partial charge < -0.3 is 25.3 Å². The summed E-state index contributed by atoms with van der Waals surface area (Å²) in [5, 5.41) is 0. The smallest absolute Gasteiger partial charge is 0.257 e. The SMILES string of the molecule is COc1cccc(C(c2c(N)n(C)c(=S)[nH]c2=O)c2c(N)n(C)c(=S)[nH]c2=O)c1. The monoisotopic (exact) mass is 432 g/mol. The number of ether oxygens (including phenoxy) is 1. The molecule has 0 bridgehead atoms. The Labute approximate surface area is 175 Å². The van der Waals surface area contributed by atoms with Gasteiger partial charge in [-0.25, -0.2) is 0 Å². The first-order valence-electron chi connectivity index (χ1n) is 8.48. The van der Waals surface area contributed by atoms with Gasteiger partial charge in [0.05, 0.1) is 24.2 Å². The maximum absolute atomic E-state index is 12.9. The fraction of sp³-hybridized carbons (Fsp3) is 0.222. The van der Waals surface area contributed by atoms with Crippen LogP contribution in [0.5, 0.6) is 5.75 Å². The summed E-state index contributed by atoms with van der Waals surface area (Å²) in [5.74, 6) is -0.0989. The van der Waals surface area contributed by atoms with Crippen LogP contribution in [0.15, 0.2) is 33.9 Å². The van der Waals surface area contributed by atoms with E-state index in [0.717, 1.165) is 0 Å². The number of aromatic amines is 2. The fourth-order valence-corrected chi connectivity index (χ4v) is 3.55. The van der Waals surface area contributed by atoms with E-state index in [1.165, 1.54) is 16.2 Å². The lowest BCUT2D eigenvalue weighted by atomic mass is 9.86. The van der Waals surface area contributed by atoms with Gasteiger partial charge in [0, 0.05) is 14.1 Å². The average molecular weight is 433 g/mol. The van der Waals surface area contributed by atoms with Crippen LogP contribution in [-0.4, -0.2) is 26.2 Å². The molecule has 1 aromatic carbocycles. The van der Waals surface area contributed by atoms with E-state index >= 15 is 0 Å². The maximum Gasteiger partial charge on any atom is 0.257 e. The van der Waals surface area contributed by atoms with Crippen LogP contribution in [0.1, 0.15) is 22.6 Å². The number of aromatic nitrogens is 4. The molecule has 0 atom stereocenters. The third kappa shape index (κ3) is 3.49. The Morgan fingerprint density at radius 1 is 0.966 bits per heavy atom. The lowest BCUT2D eigenvalue weighted by molar-refractivity contribution is 0.414. The largest absolute Gasteiger partial charge is 0.497 e. The van der Waals surface area contributed by atoms with E-state index in [9.17, 15) is 9.59 Å². The number of benzene rings is 1. The quantitative estimate of drug-likeness (QED) is 0.459. The van der Waals surface area contributed by atoms with Crippen molar-refractivity contribution in [3.05, 3.63) is 71.2 Å². The Morgan fingerprint density at radius 2 is 1.45 bits per heavy atom. The van der Waals surface area contributed by atoms with Gasteiger partial charge in [0.25, 0.3) is 11.1 Å². The lowest BCUT2D eigenvalue weighted by Gasteiger charge is -2.22. The molecule has 6 N–H and O–H groups in total. The van der Waals surface area contributed by atoms with E-state index in [1.54, 1.807) is 38.4 Å². The summed E-state index contributed by atoms with van der Waals surface area (Å²) in [6, 6.07) is 6.97. The molecule has 0 spiro atoms. The van der Waals surface area contributed by atoms with Crippen LogP contribution in [-0.2, 0) is 14.1 Å².